The fourth-order valence-electron chi connectivity index (χ4n) is 2.00. The van der Waals surface area contributed by atoms with Gasteiger partial charge < -0.3 is 19.2 Å². The van der Waals surface area contributed by atoms with E-state index in [9.17, 15) is 0 Å². The minimum absolute atomic E-state index is 0.597. The SMILES string of the molecule is CCc1ccc(CNc2cccc(COCCOC)c2)o1. The summed E-state index contributed by atoms with van der Waals surface area (Å²) >= 11 is 0. The van der Waals surface area contributed by atoms with E-state index >= 15 is 0 Å². The van der Waals surface area contributed by atoms with Crippen LogP contribution in [0.4, 0.5) is 5.69 Å². The predicted octanol–water partition coefficient (Wildman–Crippen LogP) is 3.62. The van der Waals surface area contributed by atoms with E-state index < -0.39 is 0 Å². The molecule has 2 rings (SSSR count). The number of nitrogens with one attached hydrogen (secondary N) is 1. The summed E-state index contributed by atoms with van der Waals surface area (Å²) in [5.41, 5.74) is 2.21. The van der Waals surface area contributed by atoms with E-state index in [4.69, 9.17) is 13.9 Å². The molecule has 4 heteroatoms. The summed E-state index contributed by atoms with van der Waals surface area (Å²) in [4.78, 5) is 0. The molecule has 0 atom stereocenters. The van der Waals surface area contributed by atoms with E-state index in [-0.39, 0.29) is 0 Å². The van der Waals surface area contributed by atoms with Crippen LogP contribution in [0.1, 0.15) is 24.0 Å². The van der Waals surface area contributed by atoms with E-state index in [2.05, 4.69) is 24.4 Å². The predicted molar refractivity (Wildman–Crippen MR) is 83.4 cm³/mol. The third-order valence-electron chi connectivity index (χ3n) is 3.16. The summed E-state index contributed by atoms with van der Waals surface area (Å²) in [6.45, 7) is 4.60. The van der Waals surface area contributed by atoms with Gasteiger partial charge in [-0.1, -0.05) is 19.1 Å². The normalized spacial score (nSPS) is 10.8. The molecule has 0 radical (unpaired) electrons. The van der Waals surface area contributed by atoms with E-state index in [0.29, 0.717) is 26.4 Å². The van der Waals surface area contributed by atoms with Crippen LogP contribution in [0, 0.1) is 0 Å². The summed E-state index contributed by atoms with van der Waals surface area (Å²) < 4.78 is 16.2. The van der Waals surface area contributed by atoms with Gasteiger partial charge in [0.05, 0.1) is 26.4 Å². The number of rotatable bonds is 9. The number of furan rings is 1. The van der Waals surface area contributed by atoms with Crippen LogP contribution in [-0.4, -0.2) is 20.3 Å². The van der Waals surface area contributed by atoms with Crippen LogP contribution in [0.15, 0.2) is 40.8 Å². The molecule has 0 amide bonds. The van der Waals surface area contributed by atoms with Gasteiger partial charge in [0.2, 0.25) is 0 Å². The fourth-order valence-corrected chi connectivity index (χ4v) is 2.00. The van der Waals surface area contributed by atoms with Crippen molar-refractivity contribution in [2.24, 2.45) is 0 Å². The molecule has 0 aliphatic carbocycles. The smallest absolute Gasteiger partial charge is 0.123 e. The van der Waals surface area contributed by atoms with Crippen molar-refractivity contribution < 1.29 is 13.9 Å². The van der Waals surface area contributed by atoms with E-state index in [1.54, 1.807) is 7.11 Å². The Hall–Kier alpha value is -1.78. The standard InChI is InChI=1S/C17H23NO3/c1-3-16-7-8-17(21-16)12-18-15-6-4-5-14(11-15)13-20-10-9-19-2/h4-8,11,18H,3,9-10,12-13H2,1-2H3. The number of benzene rings is 1. The highest BCUT2D eigenvalue weighted by Crippen LogP contribution is 2.14. The van der Waals surface area contributed by atoms with Gasteiger partial charge in [0.25, 0.3) is 0 Å². The topological polar surface area (TPSA) is 43.6 Å². The highest BCUT2D eigenvalue weighted by Gasteiger charge is 2.01. The molecule has 1 N–H and O–H groups in total. The first-order valence-corrected chi connectivity index (χ1v) is 7.29. The first-order valence-electron chi connectivity index (χ1n) is 7.29. The molecule has 0 bridgehead atoms. The maximum atomic E-state index is 5.68. The Labute approximate surface area is 126 Å². The lowest BCUT2D eigenvalue weighted by Crippen LogP contribution is -2.03. The third kappa shape index (κ3) is 5.25. The molecule has 1 heterocycles. The number of aryl methyl sites for hydroxylation is 1. The van der Waals surface area contributed by atoms with E-state index in [0.717, 1.165) is 29.2 Å². The summed E-state index contributed by atoms with van der Waals surface area (Å²) in [5, 5.41) is 3.37. The average molecular weight is 289 g/mol. The van der Waals surface area contributed by atoms with Crippen molar-refractivity contribution in [2.75, 3.05) is 25.6 Å². The number of hydrogen-bond acceptors (Lipinski definition) is 4. The zero-order valence-electron chi connectivity index (χ0n) is 12.7. The Bertz CT molecular complexity index is 536. The van der Waals surface area contributed by atoms with Crippen molar-refractivity contribution >= 4 is 5.69 Å². The zero-order valence-corrected chi connectivity index (χ0v) is 12.7. The molecule has 0 saturated carbocycles. The van der Waals surface area contributed by atoms with Crippen LogP contribution < -0.4 is 5.32 Å². The van der Waals surface area contributed by atoms with Crippen LogP contribution >= 0.6 is 0 Å². The van der Waals surface area contributed by atoms with Gasteiger partial charge in [-0.3, -0.25) is 0 Å². The number of methoxy groups -OCH3 is 1. The molecule has 2 aromatic rings. The molecule has 0 saturated heterocycles. The van der Waals surface area contributed by atoms with Gasteiger partial charge in [0, 0.05) is 19.2 Å². The van der Waals surface area contributed by atoms with Gasteiger partial charge in [-0.15, -0.1) is 0 Å². The molecule has 1 aromatic heterocycles. The highest BCUT2D eigenvalue weighted by molar-refractivity contribution is 5.45. The molecule has 114 valence electrons. The highest BCUT2D eigenvalue weighted by atomic mass is 16.5. The van der Waals surface area contributed by atoms with Crippen LogP contribution in [0.5, 0.6) is 0 Å². The van der Waals surface area contributed by atoms with Crippen molar-refractivity contribution in [1.29, 1.82) is 0 Å². The summed E-state index contributed by atoms with van der Waals surface area (Å²) in [6, 6.07) is 12.3. The monoisotopic (exact) mass is 289 g/mol. The van der Waals surface area contributed by atoms with Crippen molar-refractivity contribution in [3.8, 4) is 0 Å². The van der Waals surface area contributed by atoms with Gasteiger partial charge in [0.1, 0.15) is 11.5 Å². The summed E-state index contributed by atoms with van der Waals surface area (Å²) in [6.07, 6.45) is 0.925. The van der Waals surface area contributed by atoms with Gasteiger partial charge in [0.15, 0.2) is 0 Å². The summed E-state index contributed by atoms with van der Waals surface area (Å²) in [5.74, 6) is 1.97. The molecule has 1 aromatic carbocycles. The van der Waals surface area contributed by atoms with Crippen molar-refractivity contribution in [1.82, 2.24) is 0 Å². The van der Waals surface area contributed by atoms with Crippen LogP contribution in [0.25, 0.3) is 0 Å². The maximum absolute atomic E-state index is 5.68. The molecular weight excluding hydrogens is 266 g/mol. The van der Waals surface area contributed by atoms with E-state index in [1.807, 2.05) is 24.3 Å². The molecule has 0 aliphatic heterocycles. The first kappa shape index (κ1) is 15.6. The lowest BCUT2D eigenvalue weighted by Gasteiger charge is -2.08. The molecule has 4 nitrogen and oxygen atoms in total. The molecule has 0 fully saturated rings. The average Bonchev–Trinajstić information content (AvgIpc) is 2.98. The minimum atomic E-state index is 0.597. The summed E-state index contributed by atoms with van der Waals surface area (Å²) in [7, 11) is 1.67. The van der Waals surface area contributed by atoms with Gasteiger partial charge in [-0.05, 0) is 29.8 Å². The lowest BCUT2D eigenvalue weighted by molar-refractivity contribution is 0.0617. The van der Waals surface area contributed by atoms with Gasteiger partial charge in [-0.25, -0.2) is 0 Å². The molecule has 21 heavy (non-hydrogen) atoms. The molecule has 0 unspecified atom stereocenters. The van der Waals surface area contributed by atoms with E-state index in [1.165, 1.54) is 0 Å². The fraction of sp³-hybridized carbons (Fsp3) is 0.412. The van der Waals surface area contributed by atoms with Crippen LogP contribution in [0.3, 0.4) is 0 Å². The number of anilines is 1. The van der Waals surface area contributed by atoms with Crippen LogP contribution in [0.2, 0.25) is 0 Å². The van der Waals surface area contributed by atoms with Crippen LogP contribution in [-0.2, 0) is 29.0 Å². The van der Waals surface area contributed by atoms with Crippen molar-refractivity contribution in [2.45, 2.75) is 26.5 Å². The van der Waals surface area contributed by atoms with Gasteiger partial charge in [-0.2, -0.15) is 0 Å². The Morgan fingerprint density at radius 3 is 2.71 bits per heavy atom. The quantitative estimate of drug-likeness (QED) is 0.716. The second-order valence-electron chi connectivity index (χ2n) is 4.82. The Balaban J connectivity index is 1.82. The minimum Gasteiger partial charge on any atom is -0.464 e. The Morgan fingerprint density at radius 1 is 1.10 bits per heavy atom. The first-order chi connectivity index (χ1) is 10.3. The number of ether oxygens (including phenoxy) is 2. The van der Waals surface area contributed by atoms with Gasteiger partial charge >= 0.3 is 0 Å². The number of hydrogen-bond donors (Lipinski definition) is 1. The second kappa shape index (κ2) is 8.49. The molecule has 0 spiro atoms. The largest absolute Gasteiger partial charge is 0.464 e. The second-order valence-corrected chi connectivity index (χ2v) is 4.82. The maximum Gasteiger partial charge on any atom is 0.123 e. The molecular formula is C17H23NO3. The Morgan fingerprint density at radius 2 is 1.95 bits per heavy atom. The lowest BCUT2D eigenvalue weighted by atomic mass is 10.2. The third-order valence-corrected chi connectivity index (χ3v) is 3.16. The van der Waals surface area contributed by atoms with Crippen molar-refractivity contribution in [3.63, 3.8) is 0 Å². The Kier molecular flexibility index (Phi) is 6.31. The molecule has 0 aliphatic rings. The van der Waals surface area contributed by atoms with Crippen molar-refractivity contribution in [3.05, 3.63) is 53.5 Å². The zero-order chi connectivity index (χ0) is 14.9.